The third-order valence-electron chi connectivity index (χ3n) is 3.21. The van der Waals surface area contributed by atoms with E-state index in [2.05, 4.69) is 0 Å². The van der Waals surface area contributed by atoms with E-state index in [1.165, 1.54) is 0 Å². The summed E-state index contributed by atoms with van der Waals surface area (Å²) in [4.78, 5) is 11.4. The topological polar surface area (TPSA) is 43.1 Å². The summed E-state index contributed by atoms with van der Waals surface area (Å²) in [6, 6.07) is 0. The summed E-state index contributed by atoms with van der Waals surface area (Å²) >= 11 is 0. The fraction of sp³-hybridized carbons (Fsp3) is 0.727. The van der Waals surface area contributed by atoms with Crippen molar-refractivity contribution in [3.8, 4) is 0 Å². The lowest BCUT2D eigenvalue weighted by molar-refractivity contribution is -0.388. The van der Waals surface area contributed by atoms with Crippen LogP contribution in [-0.4, -0.2) is 29.7 Å². The van der Waals surface area contributed by atoms with Gasteiger partial charge >= 0.3 is 23.9 Å². The first kappa shape index (κ1) is 18.6. The third kappa shape index (κ3) is 2.65. The van der Waals surface area contributed by atoms with E-state index in [1.54, 1.807) is 0 Å². The highest BCUT2D eigenvalue weighted by molar-refractivity contribution is 6.02. The molecule has 0 aromatic heterocycles. The minimum Gasteiger partial charge on any atom is -0.402 e. The summed E-state index contributed by atoms with van der Waals surface area (Å²) in [6.45, 7) is 0. The number of carbonyl (C=O) groups excluding carboxylic acids is 1. The van der Waals surface area contributed by atoms with Crippen molar-refractivity contribution in [2.45, 2.75) is 49.6 Å². The molecule has 1 aliphatic rings. The van der Waals surface area contributed by atoms with Gasteiger partial charge in [-0.3, -0.25) is 4.79 Å². The number of hydrogen-bond donors (Lipinski definition) is 1. The number of hydrogen-bond acceptors (Lipinski definition) is 2. The Morgan fingerprint density at radius 3 is 1.68 bits per heavy atom. The van der Waals surface area contributed by atoms with Gasteiger partial charge in [-0.1, -0.05) is 0 Å². The molecule has 0 heterocycles. The maximum Gasteiger partial charge on any atom is 0.460 e. The van der Waals surface area contributed by atoms with Crippen LogP contribution in [0.4, 0.5) is 39.5 Å². The fourth-order valence-electron chi connectivity index (χ4n) is 1.90. The second kappa shape index (κ2) is 5.34. The molecule has 0 atom stereocenters. The molecule has 0 fully saturated rings. The molecule has 0 amide bonds. The molecular formula is C11H10F9NO. The van der Waals surface area contributed by atoms with Gasteiger partial charge in [0.15, 0.2) is 0 Å². The Hall–Kier alpha value is -1.42. The molecule has 128 valence electrons. The zero-order valence-corrected chi connectivity index (χ0v) is 10.7. The van der Waals surface area contributed by atoms with E-state index < -0.39 is 47.4 Å². The molecule has 0 bridgehead atoms. The van der Waals surface area contributed by atoms with Crippen molar-refractivity contribution in [2.75, 3.05) is 0 Å². The van der Waals surface area contributed by atoms with Crippen molar-refractivity contribution in [1.82, 2.24) is 0 Å². The number of rotatable bonds is 4. The summed E-state index contributed by atoms with van der Waals surface area (Å²) in [7, 11) is 0. The fourth-order valence-corrected chi connectivity index (χ4v) is 1.90. The molecule has 1 rings (SSSR count). The highest BCUT2D eigenvalue weighted by atomic mass is 19.4. The molecular weight excluding hydrogens is 333 g/mol. The van der Waals surface area contributed by atoms with E-state index >= 15 is 0 Å². The number of carbonyl (C=O) groups is 1. The Morgan fingerprint density at radius 2 is 1.27 bits per heavy atom. The SMILES string of the molecule is NC1=C(C(=O)C(F)(F)C(F)(F)C(F)(F)C(F)(F)F)CCCC1. The number of halogens is 9. The molecule has 0 aromatic carbocycles. The molecule has 0 saturated carbocycles. The normalized spacial score (nSPS) is 18.6. The van der Waals surface area contributed by atoms with Crippen LogP contribution in [0.3, 0.4) is 0 Å². The van der Waals surface area contributed by atoms with Crippen LogP contribution in [0.25, 0.3) is 0 Å². The van der Waals surface area contributed by atoms with Crippen LogP contribution in [0.15, 0.2) is 11.3 Å². The van der Waals surface area contributed by atoms with Crippen molar-refractivity contribution >= 4 is 5.78 Å². The quantitative estimate of drug-likeness (QED) is 0.789. The lowest BCUT2D eigenvalue weighted by Crippen LogP contribution is -2.63. The molecule has 22 heavy (non-hydrogen) atoms. The summed E-state index contributed by atoms with van der Waals surface area (Å²) in [5.41, 5.74) is 3.64. The molecule has 0 aliphatic heterocycles. The van der Waals surface area contributed by atoms with Gasteiger partial charge in [-0.25, -0.2) is 0 Å². The van der Waals surface area contributed by atoms with E-state index in [0.29, 0.717) is 6.42 Å². The molecule has 0 saturated heterocycles. The van der Waals surface area contributed by atoms with Crippen LogP contribution in [0.5, 0.6) is 0 Å². The Bertz CT molecular complexity index is 492. The zero-order chi connectivity index (χ0) is 17.6. The zero-order valence-electron chi connectivity index (χ0n) is 10.7. The molecule has 0 radical (unpaired) electrons. The van der Waals surface area contributed by atoms with Crippen LogP contribution in [0.2, 0.25) is 0 Å². The van der Waals surface area contributed by atoms with Gasteiger partial charge in [-0.15, -0.1) is 0 Å². The summed E-state index contributed by atoms with van der Waals surface area (Å²) in [5, 5.41) is 0. The first-order valence-corrected chi connectivity index (χ1v) is 5.90. The van der Waals surface area contributed by atoms with E-state index in [0.717, 1.165) is 0 Å². The molecule has 1 aliphatic carbocycles. The predicted octanol–water partition coefficient (Wildman–Crippen LogP) is 3.81. The number of alkyl halides is 9. The van der Waals surface area contributed by atoms with Crippen LogP contribution in [0, 0.1) is 0 Å². The predicted molar refractivity (Wildman–Crippen MR) is 55.6 cm³/mol. The highest BCUT2D eigenvalue weighted by Crippen LogP contribution is 2.54. The van der Waals surface area contributed by atoms with Crippen LogP contribution < -0.4 is 5.73 Å². The van der Waals surface area contributed by atoms with E-state index in [-0.39, 0.29) is 12.8 Å². The summed E-state index contributed by atoms with van der Waals surface area (Å²) < 4.78 is 114. The van der Waals surface area contributed by atoms with E-state index in [9.17, 15) is 44.3 Å². The first-order valence-electron chi connectivity index (χ1n) is 5.90. The van der Waals surface area contributed by atoms with Crippen molar-refractivity contribution in [2.24, 2.45) is 5.73 Å². The average molecular weight is 343 g/mol. The van der Waals surface area contributed by atoms with Crippen molar-refractivity contribution in [1.29, 1.82) is 0 Å². The van der Waals surface area contributed by atoms with Gasteiger partial charge in [0, 0.05) is 11.3 Å². The van der Waals surface area contributed by atoms with Gasteiger partial charge < -0.3 is 5.73 Å². The number of ketones is 1. The Morgan fingerprint density at radius 1 is 0.818 bits per heavy atom. The van der Waals surface area contributed by atoms with Gasteiger partial charge in [0.2, 0.25) is 5.78 Å². The Balaban J connectivity index is 3.30. The molecule has 0 aromatic rings. The van der Waals surface area contributed by atoms with Gasteiger partial charge in [0.1, 0.15) is 0 Å². The van der Waals surface area contributed by atoms with Crippen LogP contribution in [-0.2, 0) is 4.79 Å². The van der Waals surface area contributed by atoms with Gasteiger partial charge in [0.25, 0.3) is 0 Å². The molecule has 0 spiro atoms. The monoisotopic (exact) mass is 343 g/mol. The number of nitrogens with two attached hydrogens (primary N) is 1. The maximum atomic E-state index is 13.4. The lowest BCUT2D eigenvalue weighted by atomic mass is 9.88. The molecule has 0 unspecified atom stereocenters. The first-order chi connectivity index (χ1) is 9.68. The minimum atomic E-state index is -7.08. The smallest absolute Gasteiger partial charge is 0.402 e. The third-order valence-corrected chi connectivity index (χ3v) is 3.21. The molecule has 2 nitrogen and oxygen atoms in total. The van der Waals surface area contributed by atoms with Crippen molar-refractivity contribution < 1.29 is 44.3 Å². The van der Waals surface area contributed by atoms with Crippen LogP contribution in [0.1, 0.15) is 25.7 Å². The Labute approximate surface area is 118 Å². The van der Waals surface area contributed by atoms with E-state index in [4.69, 9.17) is 5.73 Å². The maximum absolute atomic E-state index is 13.4. The van der Waals surface area contributed by atoms with Gasteiger partial charge in [-0.2, -0.15) is 39.5 Å². The van der Waals surface area contributed by atoms with Gasteiger partial charge in [0.05, 0.1) is 0 Å². The largest absolute Gasteiger partial charge is 0.460 e. The van der Waals surface area contributed by atoms with Crippen molar-refractivity contribution in [3.63, 3.8) is 0 Å². The van der Waals surface area contributed by atoms with Crippen LogP contribution >= 0.6 is 0 Å². The summed E-state index contributed by atoms with van der Waals surface area (Å²) in [6.07, 6.45) is -7.11. The standard InChI is InChI=1S/C11H10F9NO/c12-8(13,7(22)5-3-1-2-4-6(5)21)9(14,15)10(16,17)11(18,19)20/h1-4,21H2. The average Bonchev–Trinajstić information content (AvgIpc) is 2.36. The van der Waals surface area contributed by atoms with Gasteiger partial charge in [-0.05, 0) is 25.7 Å². The number of allylic oxidation sites excluding steroid dienone is 2. The summed E-state index contributed by atoms with van der Waals surface area (Å²) in [5.74, 6) is -23.1. The second-order valence-electron chi connectivity index (χ2n) is 4.76. The van der Waals surface area contributed by atoms with Crippen molar-refractivity contribution in [3.05, 3.63) is 11.3 Å². The van der Waals surface area contributed by atoms with E-state index in [1.807, 2.05) is 0 Å². The lowest BCUT2D eigenvalue weighted by Gasteiger charge is -2.33. The highest BCUT2D eigenvalue weighted by Gasteiger charge is 2.83. The second-order valence-corrected chi connectivity index (χ2v) is 4.76. The Kier molecular flexibility index (Phi) is 4.52. The minimum absolute atomic E-state index is 0.0963. The number of Topliss-reactive ketones (excluding diaryl/α,β-unsaturated/α-hetero) is 1. The molecule has 2 N–H and O–H groups in total. The molecule has 11 heteroatoms.